The number of rotatable bonds is 17. The van der Waals surface area contributed by atoms with Crippen LogP contribution in [0, 0.1) is 11.3 Å². The summed E-state index contributed by atoms with van der Waals surface area (Å²) >= 11 is 0. The highest BCUT2D eigenvalue weighted by atomic mass is 16.5. The molecule has 4 rings (SSSR count). The summed E-state index contributed by atoms with van der Waals surface area (Å²) in [6.45, 7) is 8.16. The first-order valence-corrected chi connectivity index (χ1v) is 20.3. The molecule has 0 aliphatic heterocycles. The zero-order valence-electron chi connectivity index (χ0n) is 35.2. The lowest BCUT2D eigenvalue weighted by atomic mass is 9.85. The van der Waals surface area contributed by atoms with Gasteiger partial charge in [-0.15, -0.1) is 0 Å². The minimum atomic E-state index is -1.20. The highest BCUT2D eigenvalue weighted by Gasteiger charge is 2.36. The Balaban J connectivity index is 0.00000116. The third-order valence-corrected chi connectivity index (χ3v) is 9.96. The van der Waals surface area contributed by atoms with Crippen LogP contribution >= 0.6 is 0 Å². The fourth-order valence-electron chi connectivity index (χ4n) is 6.66. The molecule has 4 N–H and O–H groups in total. The predicted molar refractivity (Wildman–Crippen MR) is 224 cm³/mol. The summed E-state index contributed by atoms with van der Waals surface area (Å²) in [5.41, 5.74) is 1.35. The van der Waals surface area contributed by atoms with E-state index in [-0.39, 0.29) is 25.0 Å². The monoisotopic (exact) mass is 802 g/mol. The second kappa shape index (κ2) is 23.7. The SMILES string of the molecule is C/C=C(/C(=O)NC(C(=O)NCC(=O)OC)C(C)(C)C)[C@H](CCOc1cc(-c2ccccc2)nc2cc(OC)ccc12)C(=O)N[C@@H](CCC)C(=O)O.C1CCCCCC1. The number of carbonyl (C=O) groups excluding carboxylic acids is 4. The van der Waals surface area contributed by atoms with Crippen molar-refractivity contribution in [3.8, 4) is 22.8 Å². The number of nitrogens with zero attached hydrogens (tertiary/aromatic N) is 1. The Bertz CT molecular complexity index is 1840. The van der Waals surface area contributed by atoms with Crippen LogP contribution in [0.2, 0.25) is 0 Å². The lowest BCUT2D eigenvalue weighted by molar-refractivity contribution is -0.142. The number of esters is 1. The Kier molecular flexibility index (Phi) is 19.2. The van der Waals surface area contributed by atoms with Crippen molar-refractivity contribution in [1.29, 1.82) is 0 Å². The molecule has 0 radical (unpaired) electrons. The van der Waals surface area contributed by atoms with Crippen LogP contribution in [0.5, 0.6) is 11.5 Å². The summed E-state index contributed by atoms with van der Waals surface area (Å²) in [5, 5.41) is 18.3. The quantitative estimate of drug-likeness (QED) is 0.0621. The maximum Gasteiger partial charge on any atom is 0.326 e. The second-order valence-corrected chi connectivity index (χ2v) is 15.4. The first-order valence-electron chi connectivity index (χ1n) is 20.3. The molecular weight excluding hydrogens is 741 g/mol. The van der Waals surface area contributed by atoms with Gasteiger partial charge < -0.3 is 35.3 Å². The Hall–Kier alpha value is -5.46. The minimum Gasteiger partial charge on any atom is -0.497 e. The number of carbonyl (C=O) groups is 5. The van der Waals surface area contributed by atoms with Gasteiger partial charge in [0, 0.05) is 28.7 Å². The third-order valence-electron chi connectivity index (χ3n) is 9.96. The Morgan fingerprint density at radius 3 is 2.03 bits per heavy atom. The Labute approximate surface area is 342 Å². The smallest absolute Gasteiger partial charge is 0.326 e. The second-order valence-electron chi connectivity index (χ2n) is 15.4. The third kappa shape index (κ3) is 14.5. The molecule has 13 heteroatoms. The summed E-state index contributed by atoms with van der Waals surface area (Å²) in [5.74, 6) is -3.94. The number of aliphatic carboxylic acids is 1. The lowest BCUT2D eigenvalue weighted by Gasteiger charge is -2.31. The average Bonchev–Trinajstić information content (AvgIpc) is 3.54. The number of methoxy groups -OCH3 is 2. The van der Waals surface area contributed by atoms with E-state index < -0.39 is 59.6 Å². The maximum atomic E-state index is 13.9. The number of carboxylic acid groups (broad SMARTS) is 1. The van der Waals surface area contributed by atoms with Gasteiger partial charge in [0.15, 0.2) is 0 Å². The number of fused-ring (bicyclic) bond motifs is 1. The van der Waals surface area contributed by atoms with Crippen molar-refractivity contribution in [2.75, 3.05) is 27.4 Å². The van der Waals surface area contributed by atoms with Gasteiger partial charge in [0.25, 0.3) is 0 Å². The first kappa shape index (κ1) is 46.9. The molecule has 3 amide bonds. The number of nitrogens with one attached hydrogen (secondary N) is 3. The van der Waals surface area contributed by atoms with Crippen LogP contribution in [-0.2, 0) is 28.7 Å². The molecule has 0 bridgehead atoms. The molecule has 1 aliphatic rings. The highest BCUT2D eigenvalue weighted by molar-refractivity contribution is 6.03. The van der Waals surface area contributed by atoms with Crippen LogP contribution in [0.1, 0.15) is 98.8 Å². The molecule has 1 unspecified atom stereocenters. The molecule has 2 aromatic carbocycles. The molecule has 1 aliphatic carbocycles. The standard InChI is InChI=1S/C38H48N4O9.C7H14/c1-8-13-28(37(47)48)41-35(45)26(25(9-2)34(44)42-33(38(3,4)5)36(46)39-22-32(43)50-7)18-19-51-31-21-29(23-14-11-10-12-15-23)40-30-20-24(49-6)16-17-27(30)31;1-2-4-6-7-5-3-1/h9-12,14-17,20-21,26,28,33H,8,13,18-19,22H2,1-7H3,(H,39,46)(H,41,45)(H,42,44)(H,47,48);1-7H2/b25-9+;/t26-,28-,33?;/m0./s1. The number of aromatic nitrogens is 1. The molecule has 0 saturated heterocycles. The summed E-state index contributed by atoms with van der Waals surface area (Å²) < 4.78 is 16.3. The fraction of sp³-hybridized carbons (Fsp3) is 0.511. The van der Waals surface area contributed by atoms with Gasteiger partial charge in [-0.05, 0) is 37.3 Å². The van der Waals surface area contributed by atoms with Crippen molar-refractivity contribution in [2.24, 2.45) is 11.3 Å². The number of hydrogen-bond donors (Lipinski definition) is 4. The molecule has 316 valence electrons. The van der Waals surface area contributed by atoms with Crippen molar-refractivity contribution < 1.29 is 43.3 Å². The van der Waals surface area contributed by atoms with E-state index in [9.17, 15) is 29.1 Å². The van der Waals surface area contributed by atoms with Crippen LogP contribution in [-0.4, -0.2) is 79.2 Å². The van der Waals surface area contributed by atoms with E-state index in [4.69, 9.17) is 14.5 Å². The van der Waals surface area contributed by atoms with Gasteiger partial charge in [-0.2, -0.15) is 0 Å². The number of carboxylic acids is 1. The molecule has 0 spiro atoms. The van der Waals surface area contributed by atoms with Crippen molar-refractivity contribution in [3.05, 3.63) is 66.2 Å². The summed E-state index contributed by atoms with van der Waals surface area (Å²) in [7, 11) is 2.75. The zero-order valence-corrected chi connectivity index (χ0v) is 35.2. The summed E-state index contributed by atoms with van der Waals surface area (Å²) in [4.78, 5) is 69.3. The molecule has 1 saturated carbocycles. The molecule has 1 heterocycles. The zero-order chi connectivity index (χ0) is 42.7. The number of amides is 3. The van der Waals surface area contributed by atoms with Gasteiger partial charge >= 0.3 is 11.9 Å². The first-order chi connectivity index (χ1) is 27.7. The summed E-state index contributed by atoms with van der Waals surface area (Å²) in [6, 6.07) is 14.5. The van der Waals surface area contributed by atoms with Crippen LogP contribution in [0.3, 0.4) is 0 Å². The molecule has 3 atom stereocenters. The fourth-order valence-corrected chi connectivity index (χ4v) is 6.66. The molecular formula is C45H62N4O9. The van der Waals surface area contributed by atoms with Crippen LogP contribution in [0.15, 0.2) is 66.2 Å². The van der Waals surface area contributed by atoms with Gasteiger partial charge in [-0.3, -0.25) is 19.2 Å². The van der Waals surface area contributed by atoms with Gasteiger partial charge in [0.1, 0.15) is 30.1 Å². The molecule has 3 aromatic rings. The minimum absolute atomic E-state index is 0.0149. The van der Waals surface area contributed by atoms with Gasteiger partial charge in [-0.1, -0.05) is 115 Å². The normalized spacial score (nSPS) is 14.6. The average molecular weight is 803 g/mol. The number of hydrogen-bond acceptors (Lipinski definition) is 9. The topological polar surface area (TPSA) is 182 Å². The van der Waals surface area contributed by atoms with Gasteiger partial charge in [-0.25, -0.2) is 9.78 Å². The highest BCUT2D eigenvalue weighted by Crippen LogP contribution is 2.33. The van der Waals surface area contributed by atoms with E-state index in [0.717, 1.165) is 5.56 Å². The van der Waals surface area contributed by atoms with Crippen molar-refractivity contribution >= 4 is 40.6 Å². The number of benzene rings is 2. The van der Waals surface area contributed by atoms with E-state index in [0.29, 0.717) is 34.5 Å². The van der Waals surface area contributed by atoms with Crippen molar-refractivity contribution in [3.63, 3.8) is 0 Å². The van der Waals surface area contributed by atoms with E-state index >= 15 is 0 Å². The molecule has 13 nitrogen and oxygen atoms in total. The van der Waals surface area contributed by atoms with Gasteiger partial charge in [0.05, 0.1) is 38.0 Å². The molecule has 1 aromatic heterocycles. The van der Waals surface area contributed by atoms with Crippen LogP contribution in [0.25, 0.3) is 22.2 Å². The van der Waals surface area contributed by atoms with E-state index in [1.807, 2.05) is 36.4 Å². The van der Waals surface area contributed by atoms with E-state index in [2.05, 4.69) is 20.7 Å². The molecule has 1 fully saturated rings. The van der Waals surface area contributed by atoms with Crippen LogP contribution < -0.4 is 25.4 Å². The van der Waals surface area contributed by atoms with Crippen molar-refractivity contribution in [2.45, 2.75) is 111 Å². The Morgan fingerprint density at radius 2 is 1.50 bits per heavy atom. The van der Waals surface area contributed by atoms with Crippen molar-refractivity contribution in [1.82, 2.24) is 20.9 Å². The lowest BCUT2D eigenvalue weighted by Crippen LogP contribution is -2.55. The Morgan fingerprint density at radius 1 is 0.862 bits per heavy atom. The van der Waals surface area contributed by atoms with E-state index in [1.165, 1.54) is 58.1 Å². The number of allylic oxidation sites excluding steroid dienone is 1. The molecule has 58 heavy (non-hydrogen) atoms. The maximum absolute atomic E-state index is 13.9. The van der Waals surface area contributed by atoms with Crippen LogP contribution in [0.4, 0.5) is 0 Å². The number of ether oxygens (including phenoxy) is 3. The number of pyridine rings is 1. The largest absolute Gasteiger partial charge is 0.497 e. The predicted octanol–water partition coefficient (Wildman–Crippen LogP) is 7.16. The summed E-state index contributed by atoms with van der Waals surface area (Å²) in [6.07, 6.45) is 12.6. The van der Waals surface area contributed by atoms with E-state index in [1.54, 1.807) is 59.9 Å². The van der Waals surface area contributed by atoms with Gasteiger partial charge in [0.2, 0.25) is 17.7 Å².